The first-order valence-corrected chi connectivity index (χ1v) is 11.4. The van der Waals surface area contributed by atoms with Crippen LogP contribution in [0.2, 0.25) is 15.1 Å². The number of aromatic amines is 1. The third-order valence-corrected chi connectivity index (χ3v) is 6.53. The van der Waals surface area contributed by atoms with E-state index in [9.17, 15) is 5.26 Å². The van der Waals surface area contributed by atoms with E-state index in [-0.39, 0.29) is 0 Å². The largest absolute Gasteiger partial charge is 0.484 e. The van der Waals surface area contributed by atoms with Crippen LogP contribution in [0.25, 0.3) is 22.2 Å². The Bertz CT molecular complexity index is 1390. The number of benzene rings is 1. The zero-order valence-electron chi connectivity index (χ0n) is 17.4. The predicted octanol–water partition coefficient (Wildman–Crippen LogP) is 6.20. The van der Waals surface area contributed by atoms with Crippen molar-refractivity contribution in [3.8, 4) is 23.1 Å². The predicted molar refractivity (Wildman–Crippen MR) is 129 cm³/mol. The first-order valence-electron chi connectivity index (χ1n) is 10.2. The van der Waals surface area contributed by atoms with Crippen molar-refractivity contribution in [2.45, 2.75) is 19.4 Å². The van der Waals surface area contributed by atoms with Gasteiger partial charge in [-0.25, -0.2) is 4.98 Å². The molecule has 1 N–H and O–H groups in total. The number of nitriles is 1. The van der Waals surface area contributed by atoms with Gasteiger partial charge < -0.3 is 9.64 Å². The average Bonchev–Trinajstić information content (AvgIpc) is 3.15. The Morgan fingerprint density at radius 3 is 2.52 bits per heavy atom. The third-order valence-electron chi connectivity index (χ3n) is 5.63. The lowest BCUT2D eigenvalue weighted by atomic mass is 10.1. The number of ether oxygens (including phenoxy) is 1. The minimum Gasteiger partial charge on any atom is -0.484 e. The molecule has 1 aliphatic heterocycles. The second-order valence-corrected chi connectivity index (χ2v) is 8.95. The van der Waals surface area contributed by atoms with E-state index in [0.29, 0.717) is 43.5 Å². The van der Waals surface area contributed by atoms with Crippen LogP contribution in [0.5, 0.6) is 5.75 Å². The molecule has 10 heteroatoms. The van der Waals surface area contributed by atoms with Gasteiger partial charge in [-0.3, -0.25) is 10.1 Å². The minimum atomic E-state index is -0.471. The summed E-state index contributed by atoms with van der Waals surface area (Å²) < 4.78 is 6.13. The second kappa shape index (κ2) is 8.71. The summed E-state index contributed by atoms with van der Waals surface area (Å²) in [6.45, 7) is 3.66. The van der Waals surface area contributed by atoms with E-state index in [1.807, 2.05) is 19.1 Å². The lowest BCUT2D eigenvalue weighted by Crippen LogP contribution is -2.38. The van der Waals surface area contributed by atoms with Gasteiger partial charge in [0.1, 0.15) is 29.4 Å². The van der Waals surface area contributed by atoms with Crippen LogP contribution in [0.15, 0.2) is 36.8 Å². The van der Waals surface area contributed by atoms with Crippen molar-refractivity contribution in [3.05, 3.63) is 63.0 Å². The number of H-pyrrole nitrogens is 1. The zero-order chi connectivity index (χ0) is 23.1. The van der Waals surface area contributed by atoms with Crippen molar-refractivity contribution >= 4 is 51.5 Å². The monoisotopic (exact) mass is 498 g/mol. The molecule has 1 fully saturated rings. The van der Waals surface area contributed by atoms with Crippen LogP contribution < -0.4 is 9.64 Å². The summed E-state index contributed by atoms with van der Waals surface area (Å²) in [4.78, 5) is 10.6. The first-order chi connectivity index (χ1) is 16.0. The normalized spacial score (nSPS) is 14.1. The second-order valence-electron chi connectivity index (χ2n) is 7.72. The van der Waals surface area contributed by atoms with Gasteiger partial charge in [-0.1, -0.05) is 34.8 Å². The van der Waals surface area contributed by atoms with Gasteiger partial charge in [-0.15, -0.1) is 0 Å². The molecule has 5 rings (SSSR count). The van der Waals surface area contributed by atoms with E-state index in [4.69, 9.17) is 39.5 Å². The molecule has 1 aromatic carbocycles. The van der Waals surface area contributed by atoms with Crippen LogP contribution >= 0.6 is 34.8 Å². The highest BCUT2D eigenvalue weighted by atomic mass is 35.5. The topological polar surface area (TPSA) is 90.7 Å². The van der Waals surface area contributed by atoms with Crippen molar-refractivity contribution in [1.82, 2.24) is 20.2 Å². The number of nitrogens with one attached hydrogen (secondary N) is 1. The number of rotatable bonds is 5. The molecular weight excluding hydrogens is 483 g/mol. The zero-order valence-corrected chi connectivity index (χ0v) is 19.7. The van der Waals surface area contributed by atoms with Crippen LogP contribution in [0.3, 0.4) is 0 Å². The summed E-state index contributed by atoms with van der Waals surface area (Å²) in [5.74, 6) is 1.16. The fourth-order valence-corrected chi connectivity index (χ4v) is 4.72. The number of aromatic nitrogens is 4. The fourth-order valence-electron chi connectivity index (χ4n) is 3.84. The van der Waals surface area contributed by atoms with Crippen molar-refractivity contribution in [2.24, 2.45) is 0 Å². The Hall–Kier alpha value is -3.05. The average molecular weight is 500 g/mol. The van der Waals surface area contributed by atoms with Crippen molar-refractivity contribution in [1.29, 1.82) is 5.26 Å². The molecule has 4 aromatic rings. The molecule has 3 aromatic heterocycles. The van der Waals surface area contributed by atoms with Gasteiger partial charge in [-0.05, 0) is 31.5 Å². The molecule has 0 saturated carbocycles. The van der Waals surface area contributed by atoms with Gasteiger partial charge in [0, 0.05) is 48.2 Å². The van der Waals surface area contributed by atoms with E-state index in [2.05, 4.69) is 31.1 Å². The molecule has 0 bridgehead atoms. The summed E-state index contributed by atoms with van der Waals surface area (Å²) in [5, 5.41) is 19.1. The van der Waals surface area contributed by atoms with Gasteiger partial charge >= 0.3 is 0 Å². The number of fused-ring (bicyclic) bond motifs is 1. The lowest BCUT2D eigenvalue weighted by Gasteiger charge is -2.32. The summed E-state index contributed by atoms with van der Waals surface area (Å²) in [6, 6.07) is 7.62. The molecule has 33 heavy (non-hydrogen) atoms. The molecule has 0 spiro atoms. The minimum absolute atomic E-state index is 0.411. The number of hydrogen-bond acceptors (Lipinski definition) is 6. The van der Waals surface area contributed by atoms with Crippen LogP contribution in [0, 0.1) is 11.3 Å². The van der Waals surface area contributed by atoms with Crippen molar-refractivity contribution in [3.63, 3.8) is 0 Å². The first kappa shape index (κ1) is 21.8. The number of nitrogens with zero attached hydrogens (tertiary/aromatic N) is 5. The van der Waals surface area contributed by atoms with E-state index < -0.39 is 6.10 Å². The molecule has 7 nitrogen and oxygen atoms in total. The number of anilines is 1. The smallest absolute Gasteiger partial charge is 0.146 e. The Labute approximate surface area is 204 Å². The highest BCUT2D eigenvalue weighted by Crippen LogP contribution is 2.39. The standard InChI is InChI=1S/C23H17Cl3N6O/c1-12(21-17(25)10-28-11-18(21)26)33-20-6-15-19(7-16(20)24)30-31-22(15)14-5-13(8-27)23(29-9-14)32-3-2-4-32/h5-7,9-12H,2-4H2,1H3,(H,30,31). The third kappa shape index (κ3) is 3.95. The SMILES string of the molecule is CC(Oc1cc2c(-c3cnc(N4CCC4)c(C#N)c3)n[nH]c2cc1Cl)c1c(Cl)cncc1Cl. The van der Waals surface area contributed by atoms with Gasteiger partial charge in [-0.2, -0.15) is 10.4 Å². The Morgan fingerprint density at radius 2 is 1.85 bits per heavy atom. The molecule has 1 aliphatic rings. The van der Waals surface area contributed by atoms with Gasteiger partial charge in [0.05, 0.1) is 26.1 Å². The molecule has 0 radical (unpaired) electrons. The lowest BCUT2D eigenvalue weighted by molar-refractivity contribution is 0.227. The Kier molecular flexibility index (Phi) is 5.75. The highest BCUT2D eigenvalue weighted by molar-refractivity contribution is 6.36. The molecule has 1 saturated heterocycles. The summed E-state index contributed by atoms with van der Waals surface area (Å²) in [5.41, 5.74) is 3.26. The summed E-state index contributed by atoms with van der Waals surface area (Å²) in [6.07, 6.45) is 5.41. The van der Waals surface area contributed by atoms with Crippen molar-refractivity contribution in [2.75, 3.05) is 18.0 Å². The summed E-state index contributed by atoms with van der Waals surface area (Å²) in [7, 11) is 0. The van der Waals surface area contributed by atoms with Crippen molar-refractivity contribution < 1.29 is 4.74 Å². The van der Waals surface area contributed by atoms with E-state index in [1.165, 1.54) is 12.4 Å². The molecule has 0 amide bonds. The quantitative estimate of drug-likeness (QED) is 0.351. The Morgan fingerprint density at radius 1 is 1.09 bits per heavy atom. The maximum absolute atomic E-state index is 9.65. The van der Waals surface area contributed by atoms with Gasteiger partial charge in [0.2, 0.25) is 0 Å². The van der Waals surface area contributed by atoms with Crippen LogP contribution in [-0.4, -0.2) is 33.3 Å². The maximum Gasteiger partial charge on any atom is 0.146 e. The molecule has 166 valence electrons. The number of pyridine rings is 2. The molecule has 1 atom stereocenters. The number of hydrogen-bond donors (Lipinski definition) is 1. The van der Waals surface area contributed by atoms with E-state index in [1.54, 1.807) is 12.3 Å². The maximum atomic E-state index is 9.65. The fraction of sp³-hybridized carbons (Fsp3) is 0.217. The van der Waals surface area contributed by atoms with E-state index >= 15 is 0 Å². The van der Waals surface area contributed by atoms with E-state index in [0.717, 1.165) is 36.0 Å². The van der Waals surface area contributed by atoms with Crippen LogP contribution in [-0.2, 0) is 0 Å². The number of halogens is 3. The highest BCUT2D eigenvalue weighted by Gasteiger charge is 2.22. The molecule has 1 unspecified atom stereocenters. The van der Waals surface area contributed by atoms with Gasteiger partial charge in [0.25, 0.3) is 0 Å². The molecule has 4 heterocycles. The molecular formula is C23H17Cl3N6O. The summed E-state index contributed by atoms with van der Waals surface area (Å²) >= 11 is 19.0. The molecule has 0 aliphatic carbocycles. The Balaban J connectivity index is 1.53. The van der Waals surface area contributed by atoms with Crippen LogP contribution in [0.4, 0.5) is 5.82 Å². The van der Waals surface area contributed by atoms with Crippen LogP contribution in [0.1, 0.15) is 30.6 Å². The van der Waals surface area contributed by atoms with Gasteiger partial charge in [0.15, 0.2) is 0 Å².